The monoisotopic (exact) mass is 311 g/mol. The lowest BCUT2D eigenvalue weighted by Gasteiger charge is -2.32. The number of carbonyl (C=O) groups excluding carboxylic acids is 1. The first-order chi connectivity index (χ1) is 10.1. The highest BCUT2D eigenvalue weighted by atomic mass is 35.5. The molecule has 6 nitrogen and oxygen atoms in total. The lowest BCUT2D eigenvalue weighted by Crippen LogP contribution is -2.43. The van der Waals surface area contributed by atoms with Gasteiger partial charge in [0.15, 0.2) is 0 Å². The summed E-state index contributed by atoms with van der Waals surface area (Å²) in [7, 11) is 0. The van der Waals surface area contributed by atoms with E-state index in [1.54, 1.807) is 17.0 Å². The van der Waals surface area contributed by atoms with Crippen molar-refractivity contribution in [1.82, 2.24) is 15.2 Å². The number of carboxylic acid groups (broad SMARTS) is 1. The zero-order valence-corrected chi connectivity index (χ0v) is 12.3. The molecule has 2 rings (SSSR count). The summed E-state index contributed by atoms with van der Waals surface area (Å²) < 4.78 is 0. The lowest BCUT2D eigenvalue weighted by atomic mass is 9.97. The maximum atomic E-state index is 12.3. The Morgan fingerprint density at radius 1 is 1.48 bits per heavy atom. The van der Waals surface area contributed by atoms with Crippen LogP contribution in [-0.4, -0.2) is 53.0 Å². The Balaban J connectivity index is 1.89. The van der Waals surface area contributed by atoms with Gasteiger partial charge < -0.3 is 15.3 Å². The number of nitrogens with zero attached hydrogens (tertiary/aromatic N) is 2. The van der Waals surface area contributed by atoms with Crippen molar-refractivity contribution in [2.75, 3.05) is 26.2 Å². The molecule has 1 fully saturated rings. The van der Waals surface area contributed by atoms with E-state index in [0.717, 1.165) is 12.8 Å². The average Bonchev–Trinajstić information content (AvgIpc) is 2.47. The number of hydrogen-bond acceptors (Lipinski definition) is 4. The minimum Gasteiger partial charge on any atom is -0.480 e. The highest BCUT2D eigenvalue weighted by Crippen LogP contribution is 2.18. The van der Waals surface area contributed by atoms with Crippen LogP contribution in [-0.2, 0) is 4.79 Å². The molecule has 1 aromatic heterocycles. The average molecular weight is 312 g/mol. The number of rotatable bonds is 5. The maximum Gasteiger partial charge on any atom is 0.317 e. The second kappa shape index (κ2) is 7.38. The predicted octanol–water partition coefficient (Wildman–Crippen LogP) is 1.26. The molecule has 0 aromatic carbocycles. The number of aliphatic carboxylic acids is 1. The van der Waals surface area contributed by atoms with Crippen molar-refractivity contribution in [2.45, 2.75) is 12.8 Å². The fourth-order valence-corrected chi connectivity index (χ4v) is 2.58. The third-order valence-electron chi connectivity index (χ3n) is 3.46. The molecular formula is C14H18ClN3O3. The van der Waals surface area contributed by atoms with Gasteiger partial charge in [-0.1, -0.05) is 11.6 Å². The largest absolute Gasteiger partial charge is 0.480 e. The topological polar surface area (TPSA) is 82.5 Å². The maximum absolute atomic E-state index is 12.3. The van der Waals surface area contributed by atoms with E-state index in [0.29, 0.717) is 30.4 Å². The number of aromatic nitrogens is 1. The van der Waals surface area contributed by atoms with Crippen molar-refractivity contribution in [3.63, 3.8) is 0 Å². The summed E-state index contributed by atoms with van der Waals surface area (Å²) in [5.74, 6) is -0.701. The minimum atomic E-state index is -0.871. The van der Waals surface area contributed by atoms with Crippen LogP contribution in [0.25, 0.3) is 0 Å². The molecule has 7 heteroatoms. The third-order valence-corrected chi connectivity index (χ3v) is 3.69. The van der Waals surface area contributed by atoms with Crippen LogP contribution in [0.5, 0.6) is 0 Å². The molecule has 1 aromatic rings. The quantitative estimate of drug-likeness (QED) is 0.855. The summed E-state index contributed by atoms with van der Waals surface area (Å²) in [5.41, 5.74) is 0.388. The molecule has 114 valence electrons. The summed E-state index contributed by atoms with van der Waals surface area (Å²) >= 11 is 5.76. The second-order valence-corrected chi connectivity index (χ2v) is 5.58. The Morgan fingerprint density at radius 2 is 2.29 bits per heavy atom. The van der Waals surface area contributed by atoms with Gasteiger partial charge in [-0.25, -0.2) is 4.98 Å². The summed E-state index contributed by atoms with van der Waals surface area (Å²) in [6, 6.07) is 3.27. The SMILES string of the molecule is O=C(O)CNCC1CCCN(C(=O)c2ccc(Cl)cn2)C1. The first kappa shape index (κ1) is 15.7. The molecule has 1 amide bonds. The first-order valence-corrected chi connectivity index (χ1v) is 7.27. The van der Waals surface area contributed by atoms with Gasteiger partial charge >= 0.3 is 5.97 Å². The van der Waals surface area contributed by atoms with Gasteiger partial charge in [-0.2, -0.15) is 0 Å². The number of piperidine rings is 1. The van der Waals surface area contributed by atoms with Gasteiger partial charge in [-0.15, -0.1) is 0 Å². The summed E-state index contributed by atoms with van der Waals surface area (Å²) in [6.45, 7) is 1.88. The van der Waals surface area contributed by atoms with Crippen molar-refractivity contribution >= 4 is 23.5 Å². The Hall–Kier alpha value is -1.66. The van der Waals surface area contributed by atoms with Gasteiger partial charge in [-0.3, -0.25) is 9.59 Å². The third kappa shape index (κ3) is 4.68. The van der Waals surface area contributed by atoms with Crippen LogP contribution in [0.4, 0.5) is 0 Å². The fraction of sp³-hybridized carbons (Fsp3) is 0.500. The van der Waals surface area contributed by atoms with Gasteiger partial charge in [0.1, 0.15) is 5.69 Å². The van der Waals surface area contributed by atoms with E-state index in [1.807, 2.05) is 0 Å². The van der Waals surface area contributed by atoms with E-state index in [-0.39, 0.29) is 18.4 Å². The number of likely N-dealkylation sites (tertiary alicyclic amines) is 1. The number of hydrogen-bond donors (Lipinski definition) is 2. The van der Waals surface area contributed by atoms with Gasteiger partial charge in [0.2, 0.25) is 0 Å². The molecule has 1 saturated heterocycles. The molecule has 0 bridgehead atoms. The van der Waals surface area contributed by atoms with Crippen molar-refractivity contribution < 1.29 is 14.7 Å². The summed E-state index contributed by atoms with van der Waals surface area (Å²) in [5, 5.41) is 12.0. The number of carbonyl (C=O) groups is 2. The summed E-state index contributed by atoms with van der Waals surface area (Å²) in [4.78, 5) is 28.6. The summed E-state index contributed by atoms with van der Waals surface area (Å²) in [6.07, 6.45) is 3.37. The van der Waals surface area contributed by atoms with Crippen LogP contribution in [0.15, 0.2) is 18.3 Å². The Kier molecular flexibility index (Phi) is 5.52. The molecule has 2 N–H and O–H groups in total. The predicted molar refractivity (Wildman–Crippen MR) is 78.4 cm³/mol. The lowest BCUT2D eigenvalue weighted by molar-refractivity contribution is -0.136. The molecule has 1 atom stereocenters. The van der Waals surface area contributed by atoms with Crippen LogP contribution in [0, 0.1) is 5.92 Å². The first-order valence-electron chi connectivity index (χ1n) is 6.89. The van der Waals surface area contributed by atoms with E-state index >= 15 is 0 Å². The van der Waals surface area contributed by atoms with Crippen molar-refractivity contribution in [3.05, 3.63) is 29.0 Å². The number of carboxylic acids is 1. The minimum absolute atomic E-state index is 0.0524. The molecule has 0 aliphatic carbocycles. The van der Waals surface area contributed by atoms with Crippen LogP contribution in [0.2, 0.25) is 5.02 Å². The van der Waals surface area contributed by atoms with E-state index in [9.17, 15) is 9.59 Å². The molecule has 2 heterocycles. The van der Waals surface area contributed by atoms with E-state index in [1.165, 1.54) is 6.20 Å². The van der Waals surface area contributed by atoms with Crippen molar-refractivity contribution in [1.29, 1.82) is 0 Å². The fourth-order valence-electron chi connectivity index (χ4n) is 2.46. The van der Waals surface area contributed by atoms with Crippen LogP contribution in [0.3, 0.4) is 0 Å². The Labute approximate surface area is 128 Å². The van der Waals surface area contributed by atoms with Crippen LogP contribution < -0.4 is 5.32 Å². The molecule has 0 radical (unpaired) electrons. The van der Waals surface area contributed by atoms with Gasteiger partial charge in [0.25, 0.3) is 5.91 Å². The number of pyridine rings is 1. The highest BCUT2D eigenvalue weighted by Gasteiger charge is 2.25. The normalized spacial score (nSPS) is 18.5. The molecule has 0 saturated carbocycles. The zero-order valence-electron chi connectivity index (χ0n) is 11.6. The van der Waals surface area contributed by atoms with E-state index in [2.05, 4.69) is 10.3 Å². The molecule has 1 aliphatic heterocycles. The molecule has 1 aliphatic rings. The smallest absolute Gasteiger partial charge is 0.317 e. The Bertz CT molecular complexity index is 507. The molecule has 1 unspecified atom stereocenters. The van der Waals surface area contributed by atoms with Gasteiger partial charge in [0, 0.05) is 25.8 Å². The highest BCUT2D eigenvalue weighted by molar-refractivity contribution is 6.30. The number of nitrogens with one attached hydrogen (secondary N) is 1. The van der Waals surface area contributed by atoms with Gasteiger partial charge in [-0.05, 0) is 30.9 Å². The van der Waals surface area contributed by atoms with Crippen LogP contribution >= 0.6 is 11.6 Å². The Morgan fingerprint density at radius 3 is 2.95 bits per heavy atom. The van der Waals surface area contributed by atoms with Gasteiger partial charge in [0.05, 0.1) is 11.6 Å². The second-order valence-electron chi connectivity index (χ2n) is 5.15. The molecule has 0 spiro atoms. The molecule has 21 heavy (non-hydrogen) atoms. The van der Waals surface area contributed by atoms with Crippen LogP contribution in [0.1, 0.15) is 23.3 Å². The number of halogens is 1. The van der Waals surface area contributed by atoms with E-state index < -0.39 is 5.97 Å². The zero-order chi connectivity index (χ0) is 15.2. The van der Waals surface area contributed by atoms with Crippen molar-refractivity contribution in [2.24, 2.45) is 5.92 Å². The number of amides is 1. The van der Waals surface area contributed by atoms with Crippen molar-refractivity contribution in [3.8, 4) is 0 Å². The standard InChI is InChI=1S/C14H18ClN3O3/c15-11-3-4-12(17-7-11)14(21)18-5-1-2-10(9-18)6-16-8-13(19)20/h3-4,7,10,16H,1-2,5-6,8-9H2,(H,19,20). The molecular weight excluding hydrogens is 294 g/mol. The van der Waals surface area contributed by atoms with E-state index in [4.69, 9.17) is 16.7 Å².